The van der Waals surface area contributed by atoms with E-state index in [1.807, 2.05) is 0 Å². The molecule has 0 amide bonds. The van der Waals surface area contributed by atoms with Crippen LogP contribution in [-0.4, -0.2) is 59.4 Å². The Hall–Kier alpha value is -0.410. The first-order valence-electron chi connectivity index (χ1n) is 14.2. The molecule has 5 aliphatic carbocycles. The van der Waals surface area contributed by atoms with Crippen LogP contribution in [0.4, 0.5) is 13.2 Å². The molecule has 0 aromatic heterocycles. The second kappa shape index (κ2) is 8.30. The van der Waals surface area contributed by atoms with E-state index in [0.29, 0.717) is 5.92 Å². The molecule has 5 rings (SSSR count). The van der Waals surface area contributed by atoms with Gasteiger partial charge in [0.2, 0.25) is 0 Å². The zero-order valence-electron chi connectivity index (χ0n) is 22.6. The second-order valence-corrected chi connectivity index (χ2v) is 14.0. The van der Waals surface area contributed by atoms with Gasteiger partial charge in [0.25, 0.3) is 0 Å². The number of hydrogen-bond donors (Lipinski definition) is 4. The van der Waals surface area contributed by atoms with E-state index in [1.54, 1.807) is 6.92 Å². The van der Waals surface area contributed by atoms with E-state index in [0.717, 1.165) is 51.4 Å². The number of nitrogens with one attached hydrogen (secondary N) is 1. The van der Waals surface area contributed by atoms with E-state index < -0.39 is 36.6 Å². The fourth-order valence-electron chi connectivity index (χ4n) is 10.7. The van der Waals surface area contributed by atoms with Gasteiger partial charge in [0.15, 0.2) is 0 Å². The Labute approximate surface area is 214 Å². The first-order chi connectivity index (χ1) is 16.6. The summed E-state index contributed by atoms with van der Waals surface area (Å²) in [6.45, 7) is 9.61. The first-order valence-corrected chi connectivity index (χ1v) is 14.2. The molecule has 0 heterocycles. The van der Waals surface area contributed by atoms with Crippen molar-refractivity contribution in [1.29, 1.82) is 0 Å². The fourth-order valence-corrected chi connectivity index (χ4v) is 10.7. The minimum Gasteiger partial charge on any atom is -0.393 e. The third-order valence-corrected chi connectivity index (χ3v) is 12.5. The molecule has 0 aromatic rings. The maximum absolute atomic E-state index is 12.6. The highest BCUT2D eigenvalue weighted by molar-refractivity contribution is 5.35. The van der Waals surface area contributed by atoms with Crippen molar-refractivity contribution in [1.82, 2.24) is 5.32 Å². The largest absolute Gasteiger partial charge is 0.401 e. The third-order valence-electron chi connectivity index (χ3n) is 12.5. The normalized spacial score (nSPS) is 52.1. The molecule has 2 spiro atoms. The Morgan fingerprint density at radius 3 is 2.31 bits per heavy atom. The molecule has 208 valence electrons. The summed E-state index contributed by atoms with van der Waals surface area (Å²) in [6, 6.07) is 0. The molecule has 11 unspecified atom stereocenters. The number of nitrogens with two attached hydrogens (primary N) is 1. The van der Waals surface area contributed by atoms with Crippen molar-refractivity contribution in [3.05, 3.63) is 0 Å². The van der Waals surface area contributed by atoms with Crippen molar-refractivity contribution in [2.45, 2.75) is 122 Å². The van der Waals surface area contributed by atoms with E-state index in [4.69, 9.17) is 10.5 Å². The van der Waals surface area contributed by atoms with Crippen molar-refractivity contribution >= 4 is 0 Å². The van der Waals surface area contributed by atoms with Crippen molar-refractivity contribution in [2.75, 3.05) is 13.1 Å². The molecule has 0 bridgehead atoms. The number of aliphatic hydroxyl groups is 2. The summed E-state index contributed by atoms with van der Waals surface area (Å²) in [5.74, 6) is 0.726. The van der Waals surface area contributed by atoms with Gasteiger partial charge in [0.05, 0.1) is 36.5 Å². The molecule has 0 radical (unpaired) electrons. The highest BCUT2D eigenvalue weighted by atomic mass is 19.4. The number of ether oxygens (including phenoxy) is 1. The van der Waals surface area contributed by atoms with Crippen molar-refractivity contribution in [3.63, 3.8) is 0 Å². The number of halogens is 3. The van der Waals surface area contributed by atoms with Crippen LogP contribution in [0.5, 0.6) is 0 Å². The summed E-state index contributed by atoms with van der Waals surface area (Å²) in [7, 11) is 0. The van der Waals surface area contributed by atoms with Gasteiger partial charge in [-0.15, -0.1) is 0 Å². The molecule has 8 heteroatoms. The van der Waals surface area contributed by atoms with Gasteiger partial charge in [-0.05, 0) is 91.3 Å². The van der Waals surface area contributed by atoms with Crippen LogP contribution in [0.15, 0.2) is 0 Å². The fraction of sp³-hybridized carbons (Fsp3) is 1.00. The molecule has 0 aromatic carbocycles. The summed E-state index contributed by atoms with van der Waals surface area (Å²) >= 11 is 0. The standard InChI is InChI=1S/C28H47F3N2O3/c1-6-17-21(36-16(2)13-33-15-27(29,30)31)22(35)28(32)19-8-7-18-23(3,4)20(34)9-10-25(18)14-26(19,25)12-11-24(17,28)5/h16-22,33-35H,6-15,32H2,1-5H3. The monoisotopic (exact) mass is 516 g/mol. The quantitative estimate of drug-likeness (QED) is 0.421. The van der Waals surface area contributed by atoms with Gasteiger partial charge in [-0.1, -0.05) is 34.1 Å². The third kappa shape index (κ3) is 3.39. The van der Waals surface area contributed by atoms with Gasteiger partial charge in [-0.3, -0.25) is 0 Å². The summed E-state index contributed by atoms with van der Waals surface area (Å²) in [6.07, 6.45) is 1.52. The summed E-state index contributed by atoms with van der Waals surface area (Å²) in [5.41, 5.74) is 6.61. The minimum absolute atomic E-state index is 0.0527. The average Bonchev–Trinajstić information content (AvgIpc) is 3.42. The molecule has 5 fully saturated rings. The van der Waals surface area contributed by atoms with Crippen molar-refractivity contribution in [3.8, 4) is 0 Å². The minimum atomic E-state index is -4.26. The SMILES string of the molecule is CCC1C(OC(C)CNCC(F)(F)F)C(O)C2(N)C3CCC4C(C)(C)C(O)CCC45CC35CCC12C. The van der Waals surface area contributed by atoms with Crippen LogP contribution in [0.2, 0.25) is 0 Å². The Morgan fingerprint density at radius 1 is 1.03 bits per heavy atom. The highest BCUT2D eigenvalue weighted by Gasteiger charge is 2.84. The Kier molecular flexibility index (Phi) is 6.26. The van der Waals surface area contributed by atoms with Crippen molar-refractivity contribution in [2.24, 2.45) is 45.1 Å². The predicted octanol–water partition coefficient (Wildman–Crippen LogP) is 4.39. The lowest BCUT2D eigenvalue weighted by atomic mass is 9.44. The van der Waals surface area contributed by atoms with Crippen LogP contribution < -0.4 is 11.1 Å². The highest BCUT2D eigenvalue weighted by Crippen LogP contribution is 2.87. The van der Waals surface area contributed by atoms with E-state index in [-0.39, 0.29) is 46.1 Å². The van der Waals surface area contributed by atoms with Crippen LogP contribution in [0.1, 0.15) is 86.0 Å². The zero-order valence-corrected chi connectivity index (χ0v) is 22.6. The van der Waals surface area contributed by atoms with Crippen LogP contribution in [-0.2, 0) is 4.74 Å². The summed E-state index contributed by atoms with van der Waals surface area (Å²) in [5, 5.41) is 25.2. The Bertz CT molecular complexity index is 869. The van der Waals surface area contributed by atoms with E-state index in [9.17, 15) is 23.4 Å². The Balaban J connectivity index is 1.40. The zero-order chi connectivity index (χ0) is 26.5. The molecule has 5 saturated carbocycles. The molecule has 5 nitrogen and oxygen atoms in total. The van der Waals surface area contributed by atoms with Gasteiger partial charge < -0.3 is 26.0 Å². The maximum Gasteiger partial charge on any atom is 0.401 e. The van der Waals surface area contributed by atoms with E-state index in [1.165, 1.54) is 0 Å². The van der Waals surface area contributed by atoms with Gasteiger partial charge >= 0.3 is 6.18 Å². The lowest BCUT2D eigenvalue weighted by molar-refractivity contribution is -0.153. The van der Waals surface area contributed by atoms with Crippen LogP contribution >= 0.6 is 0 Å². The Morgan fingerprint density at radius 2 is 1.67 bits per heavy atom. The second-order valence-electron chi connectivity index (χ2n) is 14.0. The van der Waals surface area contributed by atoms with Crippen LogP contribution in [0, 0.1) is 39.4 Å². The number of fused-ring (bicyclic) bond motifs is 2. The van der Waals surface area contributed by atoms with E-state index >= 15 is 0 Å². The number of aliphatic hydroxyl groups excluding tert-OH is 2. The molecule has 11 atom stereocenters. The van der Waals surface area contributed by atoms with Gasteiger partial charge in [-0.25, -0.2) is 0 Å². The topological polar surface area (TPSA) is 87.7 Å². The van der Waals surface area contributed by atoms with Gasteiger partial charge in [0.1, 0.15) is 0 Å². The van der Waals surface area contributed by atoms with Crippen LogP contribution in [0.25, 0.3) is 0 Å². The molecule has 0 saturated heterocycles. The molecule has 0 aliphatic heterocycles. The number of hydrogen-bond acceptors (Lipinski definition) is 5. The van der Waals surface area contributed by atoms with E-state index in [2.05, 4.69) is 33.0 Å². The molecule has 5 aliphatic rings. The maximum atomic E-state index is 12.6. The molecular formula is C28H47F3N2O3. The summed E-state index contributed by atoms with van der Waals surface area (Å²) in [4.78, 5) is 0. The van der Waals surface area contributed by atoms with Gasteiger partial charge in [-0.2, -0.15) is 13.2 Å². The molecule has 5 N–H and O–H groups in total. The van der Waals surface area contributed by atoms with Crippen LogP contribution in [0.3, 0.4) is 0 Å². The number of alkyl halides is 3. The first kappa shape index (κ1) is 27.2. The summed E-state index contributed by atoms with van der Waals surface area (Å²) < 4.78 is 44.2. The smallest absolute Gasteiger partial charge is 0.393 e. The van der Waals surface area contributed by atoms with Crippen molar-refractivity contribution < 1.29 is 28.1 Å². The lowest BCUT2D eigenvalue weighted by Gasteiger charge is -2.62. The lowest BCUT2D eigenvalue weighted by Crippen LogP contribution is -2.70. The number of rotatable bonds is 6. The molecular weight excluding hydrogens is 469 g/mol. The molecule has 36 heavy (non-hydrogen) atoms. The average molecular weight is 517 g/mol. The van der Waals surface area contributed by atoms with Gasteiger partial charge in [0, 0.05) is 6.54 Å². The predicted molar refractivity (Wildman–Crippen MR) is 132 cm³/mol.